The number of hydrogen-bond donors (Lipinski definition) is 2. The predicted octanol–water partition coefficient (Wildman–Crippen LogP) is 7.04. The van der Waals surface area contributed by atoms with Crippen LogP contribution in [0.2, 0.25) is 0 Å². The van der Waals surface area contributed by atoms with E-state index >= 15 is 0 Å². The SMILES string of the molecule is CCCc1c(OCCCSCC2(CC)CSC3(CCCC(CC(=O)O)C3)S2)ccc(C(C)=O)c1O. The molecule has 35 heavy (non-hydrogen) atoms. The summed E-state index contributed by atoms with van der Waals surface area (Å²) in [5, 5.41) is 19.8. The summed E-state index contributed by atoms with van der Waals surface area (Å²) in [6.45, 7) is 6.40. The molecule has 1 aliphatic heterocycles. The van der Waals surface area contributed by atoms with Crippen LogP contribution in [0.4, 0.5) is 0 Å². The maximum atomic E-state index is 11.8. The Morgan fingerprint density at radius 1 is 1.29 bits per heavy atom. The lowest BCUT2D eigenvalue weighted by Crippen LogP contribution is -2.32. The van der Waals surface area contributed by atoms with Crippen LogP contribution >= 0.6 is 35.3 Å². The first-order valence-electron chi connectivity index (χ1n) is 12.9. The molecule has 1 saturated carbocycles. The number of hydrogen-bond acceptors (Lipinski definition) is 7. The molecule has 2 N–H and O–H groups in total. The molecule has 3 atom stereocenters. The summed E-state index contributed by atoms with van der Waals surface area (Å²) in [6, 6.07) is 3.47. The number of phenolic OH excluding ortho intramolecular Hbond substituents is 1. The number of carbonyl (C=O) groups excluding carboxylic acids is 1. The summed E-state index contributed by atoms with van der Waals surface area (Å²) in [6.07, 6.45) is 8.36. The lowest BCUT2D eigenvalue weighted by molar-refractivity contribution is -0.138. The summed E-state index contributed by atoms with van der Waals surface area (Å²) >= 11 is 6.23. The highest BCUT2D eigenvalue weighted by molar-refractivity contribution is 8.22. The van der Waals surface area contributed by atoms with Crippen LogP contribution in [0, 0.1) is 5.92 Å². The van der Waals surface area contributed by atoms with E-state index in [9.17, 15) is 19.8 Å². The van der Waals surface area contributed by atoms with Gasteiger partial charge in [0.1, 0.15) is 11.5 Å². The third-order valence-corrected chi connectivity index (χ3v) is 12.7. The standard InChI is InChI=1S/C27H40O5S3/c1-4-8-22-23(11-10-21(19(3)28)25(22)31)32-13-7-14-33-17-26(5-2)18-34-27(35-26)12-6-9-20(16-27)15-24(29)30/h10-11,20,31H,4-9,12-18H2,1-3H3,(H,29,30). The Morgan fingerprint density at radius 2 is 2.09 bits per heavy atom. The smallest absolute Gasteiger partial charge is 0.303 e. The topological polar surface area (TPSA) is 83.8 Å². The second-order valence-corrected chi connectivity index (χ2v) is 14.5. The molecule has 1 aromatic carbocycles. The van der Waals surface area contributed by atoms with Crippen LogP contribution in [0.1, 0.15) is 88.1 Å². The average molecular weight is 541 g/mol. The number of benzene rings is 1. The van der Waals surface area contributed by atoms with Gasteiger partial charge in [-0.3, -0.25) is 9.59 Å². The number of aliphatic carboxylic acids is 1. The number of carboxylic acid groups (broad SMARTS) is 1. The van der Waals surface area contributed by atoms with Gasteiger partial charge >= 0.3 is 5.97 Å². The Bertz CT molecular complexity index is 892. The molecule has 5 nitrogen and oxygen atoms in total. The number of phenols is 1. The van der Waals surface area contributed by atoms with Crippen molar-refractivity contribution >= 4 is 47.0 Å². The molecule has 0 radical (unpaired) electrons. The number of ether oxygens (including phenoxy) is 1. The van der Waals surface area contributed by atoms with E-state index < -0.39 is 5.97 Å². The van der Waals surface area contributed by atoms with Gasteiger partial charge in [0.15, 0.2) is 5.78 Å². The van der Waals surface area contributed by atoms with Gasteiger partial charge in [-0.15, -0.1) is 23.5 Å². The highest BCUT2D eigenvalue weighted by atomic mass is 32.2. The van der Waals surface area contributed by atoms with Gasteiger partial charge in [0.2, 0.25) is 0 Å². The van der Waals surface area contributed by atoms with Crippen molar-refractivity contribution in [3.63, 3.8) is 0 Å². The molecule has 3 rings (SSSR count). The van der Waals surface area contributed by atoms with Crippen LogP contribution in [0.15, 0.2) is 12.1 Å². The first kappa shape index (κ1) is 28.6. The Labute approximate surface area is 222 Å². The summed E-state index contributed by atoms with van der Waals surface area (Å²) < 4.78 is 6.50. The number of Topliss-reactive ketones (excluding diaryl/α,β-unsaturated/α-hetero) is 1. The summed E-state index contributed by atoms with van der Waals surface area (Å²) in [5.41, 5.74) is 1.09. The highest BCUT2D eigenvalue weighted by Gasteiger charge is 2.50. The highest BCUT2D eigenvalue weighted by Crippen LogP contribution is 2.62. The lowest BCUT2D eigenvalue weighted by atomic mass is 9.86. The number of carbonyl (C=O) groups is 2. The van der Waals surface area contributed by atoms with E-state index in [-0.39, 0.29) is 20.4 Å². The van der Waals surface area contributed by atoms with E-state index in [1.54, 1.807) is 6.07 Å². The summed E-state index contributed by atoms with van der Waals surface area (Å²) in [7, 11) is 0. The molecule has 8 heteroatoms. The fraction of sp³-hybridized carbons (Fsp3) is 0.704. The maximum Gasteiger partial charge on any atom is 0.303 e. The zero-order chi connectivity index (χ0) is 25.5. The van der Waals surface area contributed by atoms with Crippen molar-refractivity contribution in [2.75, 3.05) is 23.9 Å². The van der Waals surface area contributed by atoms with Crippen LogP contribution in [0.25, 0.3) is 0 Å². The Morgan fingerprint density at radius 3 is 2.77 bits per heavy atom. The molecule has 0 aromatic heterocycles. The Kier molecular flexibility index (Phi) is 10.6. The van der Waals surface area contributed by atoms with Gasteiger partial charge < -0.3 is 14.9 Å². The van der Waals surface area contributed by atoms with E-state index in [1.165, 1.54) is 13.3 Å². The Hall–Kier alpha value is -0.990. The number of aromatic hydroxyl groups is 1. The minimum atomic E-state index is -0.661. The van der Waals surface area contributed by atoms with Crippen molar-refractivity contribution in [3.05, 3.63) is 23.3 Å². The lowest BCUT2D eigenvalue weighted by Gasteiger charge is -2.38. The van der Waals surface area contributed by atoms with Gasteiger partial charge in [0.05, 0.1) is 16.2 Å². The third kappa shape index (κ3) is 7.51. The van der Waals surface area contributed by atoms with Gasteiger partial charge in [-0.05, 0) is 69.3 Å². The van der Waals surface area contributed by atoms with Gasteiger partial charge in [0, 0.05) is 28.2 Å². The monoisotopic (exact) mass is 540 g/mol. The molecule has 0 bridgehead atoms. The molecule has 3 unspecified atom stereocenters. The maximum absolute atomic E-state index is 11.8. The molecular weight excluding hydrogens is 500 g/mol. The van der Waals surface area contributed by atoms with Crippen LogP contribution in [-0.4, -0.2) is 54.7 Å². The first-order chi connectivity index (χ1) is 16.7. The number of rotatable bonds is 13. The average Bonchev–Trinajstić information content (AvgIpc) is 3.15. The molecule has 196 valence electrons. The summed E-state index contributed by atoms with van der Waals surface area (Å²) in [5.74, 6) is 3.55. The minimum absolute atomic E-state index is 0.0640. The van der Waals surface area contributed by atoms with E-state index in [0.717, 1.165) is 61.3 Å². The molecule has 2 aliphatic rings. The van der Waals surface area contributed by atoms with E-state index in [2.05, 4.69) is 30.4 Å². The van der Waals surface area contributed by atoms with Gasteiger partial charge in [-0.1, -0.05) is 26.7 Å². The molecule has 1 heterocycles. The second-order valence-electron chi connectivity index (χ2n) is 9.90. The number of thioether (sulfide) groups is 3. The van der Waals surface area contributed by atoms with Gasteiger partial charge in [-0.2, -0.15) is 11.8 Å². The molecule has 0 amide bonds. The fourth-order valence-electron chi connectivity index (χ4n) is 5.14. The number of ketones is 1. The first-order valence-corrected chi connectivity index (χ1v) is 15.8. The molecule has 2 fully saturated rings. The minimum Gasteiger partial charge on any atom is -0.507 e. The van der Waals surface area contributed by atoms with Gasteiger partial charge in [0.25, 0.3) is 0 Å². The largest absolute Gasteiger partial charge is 0.507 e. The second kappa shape index (κ2) is 13.0. The van der Waals surface area contributed by atoms with Crippen LogP contribution in [-0.2, 0) is 11.2 Å². The fourth-order valence-corrected chi connectivity index (χ4v) is 11.2. The zero-order valence-corrected chi connectivity index (χ0v) is 23.7. The Balaban J connectivity index is 1.46. The van der Waals surface area contributed by atoms with E-state index in [0.29, 0.717) is 36.7 Å². The van der Waals surface area contributed by atoms with Gasteiger partial charge in [-0.25, -0.2) is 0 Å². The molecular formula is C27H40O5S3. The normalized spacial score (nSPS) is 26.2. The van der Waals surface area contributed by atoms with Crippen molar-refractivity contribution in [2.45, 2.75) is 87.4 Å². The van der Waals surface area contributed by atoms with Crippen molar-refractivity contribution in [1.82, 2.24) is 0 Å². The predicted molar refractivity (Wildman–Crippen MR) is 150 cm³/mol. The van der Waals surface area contributed by atoms with Crippen molar-refractivity contribution < 1.29 is 24.5 Å². The number of carboxylic acids is 1. The molecule has 1 aliphatic carbocycles. The molecule has 1 saturated heterocycles. The van der Waals surface area contributed by atoms with Crippen molar-refractivity contribution in [1.29, 1.82) is 0 Å². The third-order valence-electron chi connectivity index (χ3n) is 7.05. The van der Waals surface area contributed by atoms with E-state index in [1.807, 2.05) is 24.8 Å². The van der Waals surface area contributed by atoms with Crippen LogP contribution in [0.5, 0.6) is 11.5 Å². The van der Waals surface area contributed by atoms with Crippen LogP contribution < -0.4 is 4.74 Å². The summed E-state index contributed by atoms with van der Waals surface area (Å²) in [4.78, 5) is 23.0. The molecule has 1 aromatic rings. The molecule has 1 spiro atoms. The van der Waals surface area contributed by atoms with Crippen molar-refractivity contribution in [3.8, 4) is 11.5 Å². The van der Waals surface area contributed by atoms with E-state index in [4.69, 9.17) is 4.74 Å². The quantitative estimate of drug-likeness (QED) is 0.204. The van der Waals surface area contributed by atoms with Crippen molar-refractivity contribution in [2.24, 2.45) is 5.92 Å². The van der Waals surface area contributed by atoms with Crippen LogP contribution in [0.3, 0.4) is 0 Å². The zero-order valence-electron chi connectivity index (χ0n) is 21.3.